The summed E-state index contributed by atoms with van der Waals surface area (Å²) in [5, 5.41) is 8.73. The van der Waals surface area contributed by atoms with Crippen molar-refractivity contribution in [1.82, 2.24) is 40.4 Å². The Morgan fingerprint density at radius 2 is 1.30 bits per heavy atom. The van der Waals surface area contributed by atoms with E-state index < -0.39 is 18.2 Å². The first-order valence-electron chi connectivity index (χ1n) is 19.2. The van der Waals surface area contributed by atoms with E-state index in [1.807, 2.05) is 49.9 Å². The van der Waals surface area contributed by atoms with E-state index in [-0.39, 0.29) is 41.4 Å². The van der Waals surface area contributed by atoms with Gasteiger partial charge in [-0.25, -0.2) is 14.8 Å². The standard InChI is InChI=1S/C41H49N8O5PS/c1-22(2)33(46-40(52)54-5)38(50)48-17-6-8-31(48)36-42-20-29(44-36)25-12-10-24(11-13-25)26-14-15-27(28-16-19-56-35(26)28)30-21-43-37(45-30)32-9-7-18-49(32)39(51)34(23(3)4)47-41(53)55/h10-16,19-23,31-34H,6-9,17-18,55H2,1-5H3,(H,42,44)(H,43,45)(H,46,52)(H,47,53)/t31-,32-,33-,34-/m0/s1. The fraction of sp³-hybridized carbons (Fsp3) is 0.415. The van der Waals surface area contributed by atoms with Gasteiger partial charge in [0.1, 0.15) is 23.7 Å². The highest BCUT2D eigenvalue weighted by Crippen LogP contribution is 2.40. The average molecular weight is 797 g/mol. The Balaban J connectivity index is 1.08. The van der Waals surface area contributed by atoms with E-state index in [9.17, 15) is 19.2 Å². The number of amides is 4. The van der Waals surface area contributed by atoms with Crippen molar-refractivity contribution in [3.63, 3.8) is 0 Å². The van der Waals surface area contributed by atoms with Crippen molar-refractivity contribution < 1.29 is 23.9 Å². The van der Waals surface area contributed by atoms with Crippen LogP contribution in [0, 0.1) is 11.8 Å². The molecule has 4 N–H and O–H groups in total. The number of alkyl carbamates (subject to hydrolysis) is 1. The molecule has 2 fully saturated rings. The van der Waals surface area contributed by atoms with Crippen LogP contribution in [0.3, 0.4) is 0 Å². The number of hydrogen-bond acceptors (Lipinski definition) is 8. The third-order valence-electron chi connectivity index (χ3n) is 10.9. The molecule has 0 radical (unpaired) electrons. The second kappa shape index (κ2) is 16.6. The first-order valence-corrected chi connectivity index (χ1v) is 20.6. The molecule has 56 heavy (non-hydrogen) atoms. The molecule has 5 aromatic rings. The number of carbonyl (C=O) groups excluding carboxylic acids is 4. The summed E-state index contributed by atoms with van der Waals surface area (Å²) in [5.74, 6) is 1.10. The maximum absolute atomic E-state index is 13.6. The number of carbonyl (C=O) groups is 4. The van der Waals surface area contributed by atoms with Crippen molar-refractivity contribution in [2.75, 3.05) is 20.2 Å². The first-order chi connectivity index (χ1) is 26.9. The van der Waals surface area contributed by atoms with Gasteiger partial charge in [0.15, 0.2) is 0 Å². The van der Waals surface area contributed by atoms with E-state index in [1.165, 1.54) is 7.11 Å². The molecule has 4 amide bonds. The van der Waals surface area contributed by atoms with Gasteiger partial charge in [0.2, 0.25) is 17.5 Å². The molecular formula is C41H49N8O5PS. The van der Waals surface area contributed by atoms with Gasteiger partial charge in [-0.3, -0.25) is 14.4 Å². The predicted molar refractivity (Wildman–Crippen MR) is 221 cm³/mol. The molecule has 5 heterocycles. The van der Waals surface area contributed by atoms with E-state index >= 15 is 0 Å². The number of nitrogens with one attached hydrogen (secondary N) is 4. The number of fused-ring (bicyclic) bond motifs is 1. The topological polar surface area (TPSA) is 165 Å². The Morgan fingerprint density at radius 1 is 0.768 bits per heavy atom. The third-order valence-corrected chi connectivity index (χ3v) is 12.0. The van der Waals surface area contributed by atoms with E-state index in [2.05, 4.69) is 77.7 Å². The van der Waals surface area contributed by atoms with Gasteiger partial charge in [-0.2, -0.15) is 0 Å². The quantitative estimate of drug-likeness (QED) is 0.0997. The lowest BCUT2D eigenvalue weighted by Crippen LogP contribution is -2.51. The van der Waals surface area contributed by atoms with Crippen LogP contribution >= 0.6 is 20.6 Å². The Hall–Kier alpha value is -5.07. The summed E-state index contributed by atoms with van der Waals surface area (Å²) < 4.78 is 5.93. The molecule has 2 aliphatic heterocycles. The molecule has 0 bridgehead atoms. The summed E-state index contributed by atoms with van der Waals surface area (Å²) >= 11 is 1.69. The maximum atomic E-state index is 13.6. The highest BCUT2D eigenvalue weighted by atomic mass is 32.1. The highest BCUT2D eigenvalue weighted by molar-refractivity contribution is 7.39. The number of H-pyrrole nitrogens is 2. The molecule has 15 heteroatoms. The van der Waals surface area contributed by atoms with Crippen LogP contribution in [-0.2, 0) is 14.3 Å². The third kappa shape index (κ3) is 7.82. The molecule has 13 nitrogen and oxygen atoms in total. The van der Waals surface area contributed by atoms with Crippen molar-refractivity contribution in [1.29, 1.82) is 0 Å². The smallest absolute Gasteiger partial charge is 0.407 e. The lowest BCUT2D eigenvalue weighted by Gasteiger charge is -2.30. The van der Waals surface area contributed by atoms with Crippen LogP contribution in [0.1, 0.15) is 77.1 Å². The monoisotopic (exact) mass is 796 g/mol. The number of thiophene rings is 1. The molecule has 0 spiro atoms. The average Bonchev–Trinajstić information content (AvgIpc) is 4.03. The second-order valence-corrected chi connectivity index (χ2v) is 16.7. The fourth-order valence-corrected chi connectivity index (χ4v) is 9.14. The zero-order valence-corrected chi connectivity index (χ0v) is 34.3. The second-order valence-electron chi connectivity index (χ2n) is 15.2. The van der Waals surface area contributed by atoms with Gasteiger partial charge in [-0.15, -0.1) is 11.3 Å². The number of rotatable bonds is 11. The van der Waals surface area contributed by atoms with E-state index in [1.54, 1.807) is 11.3 Å². The number of hydrogen-bond donors (Lipinski definition) is 4. The number of aromatic nitrogens is 4. The fourth-order valence-electron chi connectivity index (χ4n) is 8.00. The molecule has 2 aliphatic rings. The van der Waals surface area contributed by atoms with Crippen LogP contribution in [-0.4, -0.2) is 85.6 Å². The van der Waals surface area contributed by atoms with Gasteiger partial charge in [-0.05, 0) is 74.9 Å². The lowest BCUT2D eigenvalue weighted by molar-refractivity contribution is -0.136. The summed E-state index contributed by atoms with van der Waals surface area (Å²) in [4.78, 5) is 71.1. The van der Waals surface area contributed by atoms with Crippen molar-refractivity contribution >= 4 is 54.2 Å². The minimum atomic E-state index is -0.689. The summed E-state index contributed by atoms with van der Waals surface area (Å²) in [5.41, 5.74) is 5.68. The molecule has 2 saturated heterocycles. The number of ether oxygens (including phenoxy) is 1. The number of benzene rings is 2. The van der Waals surface area contributed by atoms with Gasteiger partial charge in [0.05, 0.1) is 43.0 Å². The predicted octanol–water partition coefficient (Wildman–Crippen LogP) is 7.67. The van der Waals surface area contributed by atoms with Gasteiger partial charge in [0.25, 0.3) is 0 Å². The van der Waals surface area contributed by atoms with Crippen molar-refractivity contribution in [2.24, 2.45) is 11.8 Å². The normalized spacial score (nSPS) is 18.1. The van der Waals surface area contributed by atoms with E-state index in [0.717, 1.165) is 81.1 Å². The van der Waals surface area contributed by atoms with Gasteiger partial charge >= 0.3 is 6.09 Å². The zero-order chi connectivity index (χ0) is 39.7. The molecule has 7 rings (SSSR count). The molecule has 0 aliphatic carbocycles. The molecule has 0 saturated carbocycles. The van der Waals surface area contributed by atoms with Crippen LogP contribution in [0.2, 0.25) is 0 Å². The van der Waals surface area contributed by atoms with Crippen LogP contribution in [0.15, 0.2) is 60.2 Å². The summed E-state index contributed by atoms with van der Waals surface area (Å²) in [7, 11) is 3.39. The Labute approximate surface area is 332 Å². The Kier molecular flexibility index (Phi) is 11.6. The van der Waals surface area contributed by atoms with E-state index in [0.29, 0.717) is 13.1 Å². The number of aromatic amines is 2. The van der Waals surface area contributed by atoms with Crippen LogP contribution < -0.4 is 10.6 Å². The SMILES string of the molecule is COC(=O)N[C@H](C(=O)N1CCC[C@H]1c1ncc(-c2ccc(-c3ccc(-c4cnc([C@@H]5CCCN5C(=O)[C@@H](NC(=O)P)C(C)C)[nH]4)c4ccsc34)cc2)[nH]1)C(C)C. The van der Waals surface area contributed by atoms with Crippen molar-refractivity contribution in [3.8, 4) is 33.6 Å². The lowest BCUT2D eigenvalue weighted by atomic mass is 9.98. The number of nitrogens with zero attached hydrogens (tertiary/aromatic N) is 4. The summed E-state index contributed by atoms with van der Waals surface area (Å²) in [6.07, 6.45) is 6.34. The molecule has 5 atom stereocenters. The Morgan fingerprint density at radius 3 is 1.88 bits per heavy atom. The zero-order valence-electron chi connectivity index (χ0n) is 32.3. The van der Waals surface area contributed by atoms with Gasteiger partial charge in [-0.1, -0.05) is 64.1 Å². The molecular weight excluding hydrogens is 748 g/mol. The van der Waals surface area contributed by atoms with Crippen molar-refractivity contribution in [3.05, 3.63) is 71.9 Å². The minimum absolute atomic E-state index is 0.0465. The van der Waals surface area contributed by atoms with Crippen LogP contribution in [0.25, 0.3) is 43.7 Å². The number of methoxy groups -OCH3 is 1. The largest absolute Gasteiger partial charge is 0.453 e. The molecule has 2 aromatic carbocycles. The minimum Gasteiger partial charge on any atom is -0.453 e. The number of imidazole rings is 2. The molecule has 1 unspecified atom stereocenters. The molecule has 294 valence electrons. The van der Waals surface area contributed by atoms with Gasteiger partial charge in [0, 0.05) is 28.7 Å². The summed E-state index contributed by atoms with van der Waals surface area (Å²) in [6, 6.07) is 13.1. The van der Waals surface area contributed by atoms with E-state index in [4.69, 9.17) is 14.7 Å². The Bertz CT molecular complexity index is 2230. The highest BCUT2D eigenvalue weighted by Gasteiger charge is 2.38. The summed E-state index contributed by atoms with van der Waals surface area (Å²) in [6.45, 7) is 8.90. The molecule has 3 aromatic heterocycles. The number of likely N-dealkylation sites (tertiary alicyclic amines) is 2. The first kappa shape index (κ1) is 39.2. The van der Waals surface area contributed by atoms with Gasteiger partial charge < -0.3 is 35.1 Å². The van der Waals surface area contributed by atoms with Crippen molar-refractivity contribution in [2.45, 2.75) is 77.5 Å². The van der Waals surface area contributed by atoms with Crippen LogP contribution in [0.5, 0.6) is 0 Å². The van der Waals surface area contributed by atoms with Crippen LogP contribution in [0.4, 0.5) is 9.59 Å². The maximum Gasteiger partial charge on any atom is 0.407 e.